The number of amides is 2. The largest absolute Gasteiger partial charge is 0.479 e. The Morgan fingerprint density at radius 3 is 2.74 bits per heavy atom. The fraction of sp³-hybridized carbons (Fsp3) is 0.500. The molecule has 2 amide bonds. The lowest BCUT2D eigenvalue weighted by atomic mass is 10.2. The molecule has 0 saturated heterocycles. The van der Waals surface area contributed by atoms with Crippen molar-refractivity contribution in [2.75, 3.05) is 6.54 Å². The minimum atomic E-state index is -1.44. The molecule has 0 aliphatic carbocycles. The van der Waals surface area contributed by atoms with E-state index in [0.29, 0.717) is 0 Å². The zero-order valence-corrected chi connectivity index (χ0v) is 11.4. The third-order valence-corrected chi connectivity index (χ3v) is 3.57. The first kappa shape index (κ1) is 15.5. The summed E-state index contributed by atoms with van der Waals surface area (Å²) in [5.41, 5.74) is 0. The third-order valence-electron chi connectivity index (χ3n) is 2.59. The molecule has 1 heterocycles. The van der Waals surface area contributed by atoms with E-state index in [4.69, 9.17) is 10.2 Å². The Bertz CT molecular complexity index is 408. The lowest BCUT2D eigenvalue weighted by Crippen LogP contribution is -2.39. The second-order valence-corrected chi connectivity index (χ2v) is 5.00. The minimum Gasteiger partial charge on any atom is -0.479 e. The van der Waals surface area contributed by atoms with E-state index < -0.39 is 12.1 Å². The highest BCUT2D eigenvalue weighted by molar-refractivity contribution is 7.10. The highest BCUT2D eigenvalue weighted by Crippen LogP contribution is 2.21. The summed E-state index contributed by atoms with van der Waals surface area (Å²) in [6, 6.07) is 3.46. The summed E-state index contributed by atoms with van der Waals surface area (Å²) in [6.07, 6.45) is -0.691. The molecule has 0 fully saturated rings. The fourth-order valence-electron chi connectivity index (χ4n) is 1.52. The zero-order valence-electron chi connectivity index (χ0n) is 10.6. The Hall–Kier alpha value is -1.60. The van der Waals surface area contributed by atoms with Crippen LogP contribution in [-0.4, -0.2) is 34.9 Å². The molecule has 1 aromatic heterocycles. The van der Waals surface area contributed by atoms with Crippen LogP contribution in [-0.2, 0) is 4.79 Å². The van der Waals surface area contributed by atoms with E-state index in [1.807, 2.05) is 24.4 Å². The molecule has 2 unspecified atom stereocenters. The van der Waals surface area contributed by atoms with Gasteiger partial charge in [-0.1, -0.05) is 13.0 Å². The Balaban J connectivity index is 2.32. The molecule has 4 N–H and O–H groups in total. The number of carbonyl (C=O) groups excluding carboxylic acids is 1. The second-order valence-electron chi connectivity index (χ2n) is 4.02. The smallest absolute Gasteiger partial charge is 0.332 e. The first-order valence-corrected chi connectivity index (χ1v) is 6.91. The van der Waals surface area contributed by atoms with Gasteiger partial charge in [0.25, 0.3) is 0 Å². The van der Waals surface area contributed by atoms with Gasteiger partial charge in [-0.2, -0.15) is 0 Å². The topological polar surface area (TPSA) is 98.7 Å². The maximum Gasteiger partial charge on any atom is 0.332 e. The Morgan fingerprint density at radius 1 is 1.47 bits per heavy atom. The van der Waals surface area contributed by atoms with Gasteiger partial charge in [0.1, 0.15) is 0 Å². The number of urea groups is 1. The van der Waals surface area contributed by atoms with Gasteiger partial charge in [-0.15, -0.1) is 11.3 Å². The number of rotatable bonds is 7. The fourth-order valence-corrected chi connectivity index (χ4v) is 2.38. The van der Waals surface area contributed by atoms with Gasteiger partial charge >= 0.3 is 12.0 Å². The number of aliphatic hydroxyl groups is 1. The molecule has 0 saturated carbocycles. The van der Waals surface area contributed by atoms with Crippen molar-refractivity contribution in [1.82, 2.24) is 10.6 Å². The number of hydrogen-bond donors (Lipinski definition) is 4. The van der Waals surface area contributed by atoms with Crippen LogP contribution < -0.4 is 10.6 Å². The van der Waals surface area contributed by atoms with Crippen LogP contribution in [0.5, 0.6) is 0 Å². The van der Waals surface area contributed by atoms with E-state index in [9.17, 15) is 9.59 Å². The highest BCUT2D eigenvalue weighted by Gasteiger charge is 2.15. The summed E-state index contributed by atoms with van der Waals surface area (Å²) in [6.45, 7) is 2.08. The zero-order chi connectivity index (χ0) is 14.3. The van der Waals surface area contributed by atoms with Gasteiger partial charge in [0.15, 0.2) is 6.10 Å². The second kappa shape index (κ2) is 7.75. The Kier molecular flexibility index (Phi) is 6.31. The average molecular weight is 286 g/mol. The van der Waals surface area contributed by atoms with Crippen molar-refractivity contribution >= 4 is 23.3 Å². The van der Waals surface area contributed by atoms with E-state index >= 15 is 0 Å². The van der Waals surface area contributed by atoms with Crippen LogP contribution in [0.25, 0.3) is 0 Å². The van der Waals surface area contributed by atoms with Crippen LogP contribution in [0.4, 0.5) is 4.79 Å². The van der Waals surface area contributed by atoms with Gasteiger partial charge in [0, 0.05) is 17.8 Å². The summed E-state index contributed by atoms with van der Waals surface area (Å²) in [5.74, 6) is -1.28. The minimum absolute atomic E-state index is 0.0153. The molecule has 0 aliphatic rings. The van der Waals surface area contributed by atoms with Crippen molar-refractivity contribution in [3.05, 3.63) is 22.4 Å². The number of carboxylic acid groups (broad SMARTS) is 1. The SMILES string of the molecule is CCC(NC(=O)NCCC(O)C(=O)O)c1cccs1. The molecule has 0 aromatic carbocycles. The maximum atomic E-state index is 11.6. The van der Waals surface area contributed by atoms with Crippen molar-refractivity contribution in [1.29, 1.82) is 0 Å². The van der Waals surface area contributed by atoms with E-state index in [-0.39, 0.29) is 25.0 Å². The van der Waals surface area contributed by atoms with Crippen LogP contribution in [0.3, 0.4) is 0 Å². The van der Waals surface area contributed by atoms with Gasteiger partial charge in [-0.3, -0.25) is 0 Å². The van der Waals surface area contributed by atoms with Crippen LogP contribution >= 0.6 is 11.3 Å². The lowest BCUT2D eigenvalue weighted by Gasteiger charge is -2.16. The molecule has 2 atom stereocenters. The number of thiophene rings is 1. The first-order valence-electron chi connectivity index (χ1n) is 6.03. The van der Waals surface area contributed by atoms with Crippen LogP contribution in [0.1, 0.15) is 30.7 Å². The molecule has 7 heteroatoms. The molecule has 0 spiro atoms. The molecule has 0 aliphatic heterocycles. The predicted molar refractivity (Wildman–Crippen MR) is 72.1 cm³/mol. The summed E-state index contributed by atoms with van der Waals surface area (Å²) < 4.78 is 0. The average Bonchev–Trinajstić information content (AvgIpc) is 2.89. The van der Waals surface area contributed by atoms with E-state index in [1.165, 1.54) is 0 Å². The van der Waals surface area contributed by atoms with E-state index in [1.54, 1.807) is 11.3 Å². The molecule has 0 bridgehead atoms. The standard InChI is InChI=1S/C12H18N2O4S/c1-2-8(10-4-3-7-19-10)14-12(18)13-6-5-9(15)11(16)17/h3-4,7-9,15H,2,5-6H2,1H3,(H,16,17)(H2,13,14,18). The van der Waals surface area contributed by atoms with Gasteiger partial charge < -0.3 is 20.8 Å². The number of hydrogen-bond acceptors (Lipinski definition) is 4. The molecule has 1 aromatic rings. The number of carboxylic acids is 1. The molecular formula is C12H18N2O4S. The summed E-state index contributed by atoms with van der Waals surface area (Å²) in [7, 11) is 0. The molecule has 1 rings (SSSR count). The van der Waals surface area contributed by atoms with Gasteiger partial charge in [0.2, 0.25) is 0 Å². The molecule has 0 radical (unpaired) electrons. The summed E-state index contributed by atoms with van der Waals surface area (Å²) in [4.78, 5) is 23.1. The third kappa shape index (κ3) is 5.27. The van der Waals surface area contributed by atoms with Gasteiger partial charge in [-0.05, 0) is 17.9 Å². The highest BCUT2D eigenvalue weighted by atomic mass is 32.1. The van der Waals surface area contributed by atoms with Crippen LogP contribution in [0.2, 0.25) is 0 Å². The Morgan fingerprint density at radius 2 is 2.21 bits per heavy atom. The van der Waals surface area contributed by atoms with Crippen LogP contribution in [0.15, 0.2) is 17.5 Å². The number of aliphatic carboxylic acids is 1. The van der Waals surface area contributed by atoms with Crippen molar-refractivity contribution in [2.45, 2.75) is 31.9 Å². The molecule has 106 valence electrons. The quantitative estimate of drug-likeness (QED) is 0.608. The first-order chi connectivity index (χ1) is 9.04. The van der Waals surface area contributed by atoms with Gasteiger partial charge in [-0.25, -0.2) is 9.59 Å². The molecular weight excluding hydrogens is 268 g/mol. The monoisotopic (exact) mass is 286 g/mol. The maximum absolute atomic E-state index is 11.6. The lowest BCUT2D eigenvalue weighted by molar-refractivity contribution is -0.146. The van der Waals surface area contributed by atoms with Crippen molar-refractivity contribution in [2.24, 2.45) is 0 Å². The van der Waals surface area contributed by atoms with Crippen molar-refractivity contribution in [3.8, 4) is 0 Å². The van der Waals surface area contributed by atoms with Crippen LogP contribution in [0, 0.1) is 0 Å². The van der Waals surface area contributed by atoms with Crippen molar-refractivity contribution in [3.63, 3.8) is 0 Å². The summed E-state index contributed by atoms with van der Waals surface area (Å²) >= 11 is 1.57. The molecule has 6 nitrogen and oxygen atoms in total. The Labute approximate surface area is 115 Å². The normalized spacial score (nSPS) is 13.6. The molecule has 19 heavy (non-hydrogen) atoms. The predicted octanol–water partition coefficient (Wildman–Crippen LogP) is 1.33. The number of nitrogens with one attached hydrogen (secondary N) is 2. The van der Waals surface area contributed by atoms with Crippen molar-refractivity contribution < 1.29 is 19.8 Å². The number of aliphatic hydroxyl groups excluding tert-OH is 1. The summed E-state index contributed by atoms with van der Waals surface area (Å²) in [5, 5.41) is 24.8. The number of carbonyl (C=O) groups is 2. The van der Waals surface area contributed by atoms with E-state index in [2.05, 4.69) is 10.6 Å². The van der Waals surface area contributed by atoms with E-state index in [0.717, 1.165) is 11.3 Å². The van der Waals surface area contributed by atoms with Gasteiger partial charge in [0.05, 0.1) is 6.04 Å².